The van der Waals surface area contributed by atoms with E-state index in [-0.39, 0.29) is 0 Å². The van der Waals surface area contributed by atoms with Crippen LogP contribution >= 0.6 is 0 Å². The lowest BCUT2D eigenvalue weighted by molar-refractivity contribution is -0.146. The third-order valence-corrected chi connectivity index (χ3v) is 2.09. The predicted octanol–water partition coefficient (Wildman–Crippen LogP) is 0.590. The van der Waals surface area contributed by atoms with E-state index < -0.39 is 11.5 Å². The first-order valence-corrected chi connectivity index (χ1v) is 5.19. The van der Waals surface area contributed by atoms with E-state index in [1.807, 2.05) is 12.2 Å². The molecule has 0 fully saturated rings. The van der Waals surface area contributed by atoms with Crippen LogP contribution in [0.2, 0.25) is 0 Å². The zero-order valence-corrected chi connectivity index (χ0v) is 10.2. The van der Waals surface area contributed by atoms with Gasteiger partial charge in [0.25, 0.3) is 0 Å². The first kappa shape index (κ1) is 14.6. The van der Waals surface area contributed by atoms with Crippen molar-refractivity contribution in [2.75, 3.05) is 13.7 Å². The van der Waals surface area contributed by atoms with Gasteiger partial charge in [0.05, 0.1) is 19.5 Å². The number of nitrogens with zero attached hydrogens (tertiary/aromatic N) is 1. The Labute approximate surface area is 96.5 Å². The van der Waals surface area contributed by atoms with Gasteiger partial charge in [-0.25, -0.2) is 0 Å². The first-order chi connectivity index (χ1) is 7.40. The molecule has 0 radical (unpaired) electrons. The van der Waals surface area contributed by atoms with Gasteiger partial charge < -0.3 is 16.2 Å². The molecule has 92 valence electrons. The summed E-state index contributed by atoms with van der Waals surface area (Å²) < 4.78 is 4.60. The van der Waals surface area contributed by atoms with Gasteiger partial charge in [-0.2, -0.15) is 0 Å². The van der Waals surface area contributed by atoms with E-state index in [4.69, 9.17) is 11.5 Å². The highest BCUT2D eigenvalue weighted by Gasteiger charge is 2.27. The molecule has 0 amide bonds. The molecule has 0 bridgehead atoms. The summed E-state index contributed by atoms with van der Waals surface area (Å²) in [4.78, 5) is 15.2. The summed E-state index contributed by atoms with van der Waals surface area (Å²) in [6.07, 6.45) is 5.08. The molecule has 0 saturated heterocycles. The first-order valence-electron chi connectivity index (χ1n) is 5.19. The molecule has 0 aliphatic rings. The normalized spacial score (nSPS) is 16.1. The van der Waals surface area contributed by atoms with Gasteiger partial charge in [0, 0.05) is 0 Å². The molecule has 5 heteroatoms. The minimum Gasteiger partial charge on any atom is -0.468 e. The minimum atomic E-state index is -0.924. The van der Waals surface area contributed by atoms with Gasteiger partial charge in [0.1, 0.15) is 5.54 Å². The molecule has 16 heavy (non-hydrogen) atoms. The highest BCUT2D eigenvalue weighted by molar-refractivity contribution is 5.79. The molecule has 0 unspecified atom stereocenters. The number of esters is 1. The highest BCUT2D eigenvalue weighted by Crippen LogP contribution is 2.10. The second kappa shape index (κ2) is 7.00. The molecule has 0 aliphatic carbocycles. The number of methoxy groups -OCH3 is 1. The van der Waals surface area contributed by atoms with Gasteiger partial charge in [-0.15, -0.1) is 0 Å². The number of amidine groups is 1. The van der Waals surface area contributed by atoms with Crippen LogP contribution in [0.4, 0.5) is 0 Å². The average Bonchev–Trinajstić information content (AvgIpc) is 2.21. The molecule has 0 saturated carbocycles. The summed E-state index contributed by atoms with van der Waals surface area (Å²) in [5.74, 6) is 0.166. The van der Waals surface area contributed by atoms with E-state index in [2.05, 4.69) is 9.73 Å². The van der Waals surface area contributed by atoms with Crippen LogP contribution in [0.1, 0.15) is 26.7 Å². The molecule has 0 aromatic rings. The van der Waals surface area contributed by atoms with Gasteiger partial charge in [-0.05, 0) is 26.7 Å². The van der Waals surface area contributed by atoms with Crippen LogP contribution in [-0.2, 0) is 9.53 Å². The van der Waals surface area contributed by atoms with E-state index in [0.29, 0.717) is 25.2 Å². The van der Waals surface area contributed by atoms with Crippen LogP contribution in [0.5, 0.6) is 0 Å². The molecule has 0 rings (SSSR count). The van der Waals surface area contributed by atoms with Gasteiger partial charge in [-0.1, -0.05) is 12.2 Å². The number of aliphatic imine (C=N–C) groups is 1. The standard InChI is InChI=1S/C11H21N3O2/c1-9(12)14-8-6-4-5-7-11(2,13)10(15)16-3/h4,6H,5,7-8,13H2,1-3H3,(H2,12,14)/b6-4-/t11-/m1/s1. The van der Waals surface area contributed by atoms with Crippen molar-refractivity contribution in [3.63, 3.8) is 0 Å². The van der Waals surface area contributed by atoms with Crippen molar-refractivity contribution in [3.05, 3.63) is 12.2 Å². The van der Waals surface area contributed by atoms with Gasteiger partial charge in [-0.3, -0.25) is 9.79 Å². The lowest BCUT2D eigenvalue weighted by atomic mass is 9.97. The molecular weight excluding hydrogens is 206 g/mol. The predicted molar refractivity (Wildman–Crippen MR) is 65.1 cm³/mol. The molecule has 1 atom stereocenters. The third-order valence-electron chi connectivity index (χ3n) is 2.09. The Morgan fingerprint density at radius 3 is 2.62 bits per heavy atom. The fourth-order valence-electron chi connectivity index (χ4n) is 1.11. The molecule has 0 aliphatic heterocycles. The molecule has 0 aromatic heterocycles. The maximum Gasteiger partial charge on any atom is 0.325 e. The number of rotatable bonds is 6. The van der Waals surface area contributed by atoms with E-state index >= 15 is 0 Å². The quantitative estimate of drug-likeness (QED) is 0.301. The molecular formula is C11H21N3O2. The van der Waals surface area contributed by atoms with E-state index in [0.717, 1.165) is 0 Å². The summed E-state index contributed by atoms with van der Waals surface area (Å²) in [5.41, 5.74) is 10.2. The monoisotopic (exact) mass is 227 g/mol. The topological polar surface area (TPSA) is 90.7 Å². The van der Waals surface area contributed by atoms with Crippen molar-refractivity contribution in [1.82, 2.24) is 0 Å². The van der Waals surface area contributed by atoms with E-state index in [9.17, 15) is 4.79 Å². The molecule has 0 spiro atoms. The Kier molecular flexibility index (Phi) is 6.41. The molecule has 0 aromatic carbocycles. The Morgan fingerprint density at radius 2 is 2.12 bits per heavy atom. The molecule has 0 heterocycles. The second-order valence-electron chi connectivity index (χ2n) is 3.90. The van der Waals surface area contributed by atoms with Crippen LogP contribution in [0.3, 0.4) is 0 Å². The summed E-state index contributed by atoms with van der Waals surface area (Å²) in [5, 5.41) is 0. The number of allylic oxidation sites excluding steroid dienone is 1. The van der Waals surface area contributed by atoms with Gasteiger partial charge >= 0.3 is 5.97 Å². The van der Waals surface area contributed by atoms with Crippen LogP contribution in [0.25, 0.3) is 0 Å². The van der Waals surface area contributed by atoms with Crippen molar-refractivity contribution < 1.29 is 9.53 Å². The fraction of sp³-hybridized carbons (Fsp3) is 0.636. The van der Waals surface area contributed by atoms with Crippen molar-refractivity contribution >= 4 is 11.8 Å². The van der Waals surface area contributed by atoms with Gasteiger partial charge in [0.15, 0.2) is 0 Å². The lowest BCUT2D eigenvalue weighted by Gasteiger charge is -2.20. The number of ether oxygens (including phenoxy) is 1. The van der Waals surface area contributed by atoms with Crippen molar-refractivity contribution in [2.45, 2.75) is 32.2 Å². The summed E-state index contributed by atoms with van der Waals surface area (Å²) in [6, 6.07) is 0. The Bertz CT molecular complexity index is 279. The lowest BCUT2D eigenvalue weighted by Crippen LogP contribution is -2.45. The smallest absolute Gasteiger partial charge is 0.325 e. The van der Waals surface area contributed by atoms with Gasteiger partial charge in [0.2, 0.25) is 0 Å². The number of carbonyl (C=O) groups is 1. The average molecular weight is 227 g/mol. The Morgan fingerprint density at radius 1 is 1.50 bits per heavy atom. The second-order valence-corrected chi connectivity index (χ2v) is 3.90. The maximum absolute atomic E-state index is 11.2. The van der Waals surface area contributed by atoms with Crippen molar-refractivity contribution in [2.24, 2.45) is 16.5 Å². The molecule has 4 N–H and O–H groups in total. The van der Waals surface area contributed by atoms with Crippen LogP contribution < -0.4 is 11.5 Å². The SMILES string of the molecule is COC(=O)[C@](C)(N)CC/C=C\CN=C(C)N. The summed E-state index contributed by atoms with van der Waals surface area (Å²) in [6.45, 7) is 3.96. The van der Waals surface area contributed by atoms with E-state index in [1.54, 1.807) is 13.8 Å². The Hall–Kier alpha value is -1.36. The maximum atomic E-state index is 11.2. The third kappa shape index (κ3) is 6.19. The van der Waals surface area contributed by atoms with Crippen LogP contribution in [0, 0.1) is 0 Å². The van der Waals surface area contributed by atoms with Crippen molar-refractivity contribution in [1.29, 1.82) is 0 Å². The zero-order chi connectivity index (χ0) is 12.6. The zero-order valence-electron chi connectivity index (χ0n) is 10.2. The largest absolute Gasteiger partial charge is 0.468 e. The van der Waals surface area contributed by atoms with Crippen molar-refractivity contribution in [3.8, 4) is 0 Å². The number of hydrogen-bond donors (Lipinski definition) is 2. The number of carbonyl (C=O) groups excluding carboxylic acids is 1. The summed E-state index contributed by atoms with van der Waals surface area (Å²) >= 11 is 0. The Balaban J connectivity index is 3.89. The minimum absolute atomic E-state index is 0.392. The van der Waals surface area contributed by atoms with Crippen LogP contribution in [0.15, 0.2) is 17.1 Å². The fourth-order valence-corrected chi connectivity index (χ4v) is 1.11. The van der Waals surface area contributed by atoms with Crippen LogP contribution in [-0.4, -0.2) is 31.0 Å². The highest BCUT2D eigenvalue weighted by atomic mass is 16.5. The molecule has 5 nitrogen and oxygen atoms in total. The number of hydrogen-bond acceptors (Lipinski definition) is 4. The summed E-state index contributed by atoms with van der Waals surface area (Å²) in [7, 11) is 1.34. The van der Waals surface area contributed by atoms with E-state index in [1.165, 1.54) is 7.11 Å². The number of nitrogens with two attached hydrogens (primary N) is 2.